The van der Waals surface area contributed by atoms with Crippen LogP contribution >= 0.6 is 11.6 Å². The molecule has 1 aliphatic heterocycles. The summed E-state index contributed by atoms with van der Waals surface area (Å²) in [6.07, 6.45) is 3.54. The Bertz CT molecular complexity index is 1190. The average Bonchev–Trinajstić information content (AvgIpc) is 3.34. The van der Waals surface area contributed by atoms with Crippen LogP contribution in [0.1, 0.15) is 34.3 Å². The summed E-state index contributed by atoms with van der Waals surface area (Å²) in [7, 11) is 1.57. The van der Waals surface area contributed by atoms with E-state index in [4.69, 9.17) is 21.1 Å². The van der Waals surface area contributed by atoms with E-state index in [2.05, 4.69) is 21.7 Å². The Morgan fingerprint density at radius 2 is 2.22 bits per heavy atom. The summed E-state index contributed by atoms with van der Waals surface area (Å²) >= 11 is 6.26. The van der Waals surface area contributed by atoms with Crippen molar-refractivity contribution >= 4 is 34.1 Å². The number of benzene rings is 2. The van der Waals surface area contributed by atoms with E-state index in [1.54, 1.807) is 37.6 Å². The number of ether oxygens (including phenoxy) is 2. The molecule has 1 amide bonds. The van der Waals surface area contributed by atoms with Crippen LogP contribution in [0.2, 0.25) is 5.02 Å². The van der Waals surface area contributed by atoms with Gasteiger partial charge in [0.15, 0.2) is 0 Å². The molecule has 7 nitrogen and oxygen atoms in total. The zero-order valence-electron chi connectivity index (χ0n) is 17.7. The summed E-state index contributed by atoms with van der Waals surface area (Å²) in [5.41, 5.74) is 3.12. The fourth-order valence-electron chi connectivity index (χ4n) is 3.74. The second kappa shape index (κ2) is 9.86. The Kier molecular flexibility index (Phi) is 6.74. The third-order valence-corrected chi connectivity index (χ3v) is 5.74. The SMILES string of the molecule is COc1ccc(CNc2c(C(=O)NCC3CCCO3)cnc3ccc(C#N)cc23)cc1Cl. The fourth-order valence-corrected chi connectivity index (χ4v) is 4.02. The lowest BCUT2D eigenvalue weighted by molar-refractivity contribution is 0.0858. The monoisotopic (exact) mass is 450 g/mol. The number of rotatable bonds is 7. The summed E-state index contributed by atoms with van der Waals surface area (Å²) in [5.74, 6) is 0.352. The van der Waals surface area contributed by atoms with Gasteiger partial charge in [0.05, 0.1) is 46.6 Å². The smallest absolute Gasteiger partial charge is 0.255 e. The highest BCUT2D eigenvalue weighted by molar-refractivity contribution is 6.32. The molecule has 1 unspecified atom stereocenters. The number of nitriles is 1. The average molecular weight is 451 g/mol. The van der Waals surface area contributed by atoms with E-state index in [0.29, 0.717) is 51.6 Å². The van der Waals surface area contributed by atoms with Crippen LogP contribution in [0.5, 0.6) is 5.75 Å². The lowest BCUT2D eigenvalue weighted by Gasteiger charge is -2.16. The number of carbonyl (C=O) groups is 1. The number of pyridine rings is 1. The molecule has 1 saturated heterocycles. The first-order valence-electron chi connectivity index (χ1n) is 10.4. The van der Waals surface area contributed by atoms with E-state index >= 15 is 0 Å². The van der Waals surface area contributed by atoms with Crippen molar-refractivity contribution in [2.45, 2.75) is 25.5 Å². The van der Waals surface area contributed by atoms with Crippen LogP contribution in [0.3, 0.4) is 0 Å². The molecule has 0 saturated carbocycles. The topological polar surface area (TPSA) is 96.3 Å². The van der Waals surface area contributed by atoms with Gasteiger partial charge in [0.1, 0.15) is 5.75 Å². The molecule has 2 heterocycles. The molecule has 1 fully saturated rings. The maximum atomic E-state index is 13.0. The molecule has 164 valence electrons. The second-order valence-corrected chi connectivity index (χ2v) is 7.97. The van der Waals surface area contributed by atoms with Gasteiger partial charge in [-0.2, -0.15) is 5.26 Å². The van der Waals surface area contributed by atoms with Crippen LogP contribution in [0.25, 0.3) is 10.9 Å². The number of halogens is 1. The molecular formula is C24H23ClN4O3. The minimum atomic E-state index is -0.243. The molecule has 2 aromatic carbocycles. The molecule has 0 aliphatic carbocycles. The Hall–Kier alpha value is -3.34. The lowest BCUT2D eigenvalue weighted by Crippen LogP contribution is -2.32. The Balaban J connectivity index is 1.64. The Morgan fingerprint density at radius 3 is 2.94 bits per heavy atom. The maximum absolute atomic E-state index is 13.0. The van der Waals surface area contributed by atoms with Crippen molar-refractivity contribution in [1.82, 2.24) is 10.3 Å². The molecule has 2 N–H and O–H groups in total. The quantitative estimate of drug-likeness (QED) is 0.557. The molecule has 0 spiro atoms. The van der Waals surface area contributed by atoms with Crippen LogP contribution in [0, 0.1) is 11.3 Å². The highest BCUT2D eigenvalue weighted by Gasteiger charge is 2.20. The van der Waals surface area contributed by atoms with Crippen LogP contribution in [0.4, 0.5) is 5.69 Å². The minimum absolute atomic E-state index is 0.0374. The van der Waals surface area contributed by atoms with Crippen LogP contribution in [-0.2, 0) is 11.3 Å². The van der Waals surface area contributed by atoms with Gasteiger partial charge in [-0.05, 0) is 48.7 Å². The third-order valence-electron chi connectivity index (χ3n) is 5.44. The number of nitrogens with one attached hydrogen (secondary N) is 2. The van der Waals surface area contributed by atoms with Gasteiger partial charge in [-0.3, -0.25) is 9.78 Å². The number of methoxy groups -OCH3 is 1. The van der Waals surface area contributed by atoms with Crippen LogP contribution in [0.15, 0.2) is 42.6 Å². The molecule has 8 heteroatoms. The number of anilines is 1. The maximum Gasteiger partial charge on any atom is 0.255 e. The van der Waals surface area contributed by atoms with E-state index in [9.17, 15) is 10.1 Å². The van der Waals surface area contributed by atoms with Gasteiger partial charge in [0.2, 0.25) is 0 Å². The molecule has 32 heavy (non-hydrogen) atoms. The van der Waals surface area contributed by atoms with Crippen molar-refractivity contribution in [2.75, 3.05) is 25.6 Å². The standard InChI is InChI=1S/C24H23ClN4O3/c1-31-22-7-5-16(10-20(22)25)12-28-23-18-9-15(11-26)4-6-21(18)27-14-19(23)24(30)29-13-17-3-2-8-32-17/h4-7,9-10,14,17H,2-3,8,12-13H2,1H3,(H,27,28)(H,29,30). The van der Waals surface area contributed by atoms with Gasteiger partial charge in [0, 0.05) is 31.3 Å². The van der Waals surface area contributed by atoms with E-state index < -0.39 is 0 Å². The molecule has 1 aliphatic rings. The van der Waals surface area contributed by atoms with Gasteiger partial charge in [-0.15, -0.1) is 0 Å². The molecule has 0 bridgehead atoms. The first-order valence-corrected chi connectivity index (χ1v) is 10.8. The van der Waals surface area contributed by atoms with Crippen molar-refractivity contribution < 1.29 is 14.3 Å². The first kappa shape index (κ1) is 21.9. The fraction of sp³-hybridized carbons (Fsp3) is 0.292. The summed E-state index contributed by atoms with van der Waals surface area (Å²) in [5, 5.41) is 16.9. The number of carbonyl (C=O) groups excluding carboxylic acids is 1. The van der Waals surface area contributed by atoms with Gasteiger partial charge in [0.25, 0.3) is 5.91 Å². The van der Waals surface area contributed by atoms with E-state index in [0.717, 1.165) is 25.0 Å². The predicted molar refractivity (Wildman–Crippen MR) is 123 cm³/mol. The summed E-state index contributed by atoms with van der Waals surface area (Å²) < 4.78 is 10.8. The number of fused-ring (bicyclic) bond motifs is 1. The van der Waals surface area contributed by atoms with Crippen LogP contribution in [-0.4, -0.2) is 37.3 Å². The van der Waals surface area contributed by atoms with Crippen LogP contribution < -0.4 is 15.4 Å². The molecule has 1 atom stereocenters. The molecule has 4 rings (SSSR count). The van der Waals surface area contributed by atoms with Gasteiger partial charge < -0.3 is 20.1 Å². The van der Waals surface area contributed by atoms with Crippen molar-refractivity contribution in [1.29, 1.82) is 5.26 Å². The zero-order valence-corrected chi connectivity index (χ0v) is 18.4. The van der Waals surface area contributed by atoms with Crippen molar-refractivity contribution in [3.05, 3.63) is 64.3 Å². The molecular weight excluding hydrogens is 428 g/mol. The number of nitrogens with zero attached hydrogens (tertiary/aromatic N) is 2. The molecule has 1 aromatic heterocycles. The van der Waals surface area contributed by atoms with Crippen molar-refractivity contribution in [2.24, 2.45) is 0 Å². The van der Waals surface area contributed by atoms with E-state index in [-0.39, 0.29) is 12.0 Å². The highest BCUT2D eigenvalue weighted by atomic mass is 35.5. The summed E-state index contributed by atoms with van der Waals surface area (Å²) in [6.45, 7) is 1.60. The zero-order chi connectivity index (χ0) is 22.5. The summed E-state index contributed by atoms with van der Waals surface area (Å²) in [4.78, 5) is 17.5. The third kappa shape index (κ3) is 4.77. The van der Waals surface area contributed by atoms with Gasteiger partial charge in [-0.1, -0.05) is 17.7 Å². The number of aromatic nitrogens is 1. The predicted octanol–water partition coefficient (Wildman–Crippen LogP) is 4.29. The Morgan fingerprint density at radius 1 is 1.34 bits per heavy atom. The Labute approximate surface area is 191 Å². The van der Waals surface area contributed by atoms with Crippen molar-refractivity contribution in [3.63, 3.8) is 0 Å². The number of hydrogen-bond acceptors (Lipinski definition) is 6. The van der Waals surface area contributed by atoms with Gasteiger partial charge >= 0.3 is 0 Å². The number of hydrogen-bond donors (Lipinski definition) is 2. The second-order valence-electron chi connectivity index (χ2n) is 7.56. The van der Waals surface area contributed by atoms with E-state index in [1.807, 2.05) is 12.1 Å². The minimum Gasteiger partial charge on any atom is -0.495 e. The highest BCUT2D eigenvalue weighted by Crippen LogP contribution is 2.29. The molecule has 3 aromatic rings. The van der Waals surface area contributed by atoms with Gasteiger partial charge in [-0.25, -0.2) is 0 Å². The van der Waals surface area contributed by atoms with E-state index in [1.165, 1.54) is 0 Å². The van der Waals surface area contributed by atoms with Crippen molar-refractivity contribution in [3.8, 4) is 11.8 Å². The summed E-state index contributed by atoms with van der Waals surface area (Å²) in [6, 6.07) is 12.9. The first-order chi connectivity index (χ1) is 15.6. The largest absolute Gasteiger partial charge is 0.495 e. The lowest BCUT2D eigenvalue weighted by atomic mass is 10.1. The normalized spacial score (nSPS) is 15.3. The number of amides is 1. The molecule has 0 radical (unpaired) electrons.